The summed E-state index contributed by atoms with van der Waals surface area (Å²) in [5.41, 5.74) is 8.02. The first-order chi connectivity index (χ1) is 9.16. The van der Waals surface area contributed by atoms with E-state index in [1.54, 1.807) is 0 Å². The minimum atomic E-state index is -0.139. The van der Waals surface area contributed by atoms with E-state index in [1.807, 2.05) is 11.3 Å². The van der Waals surface area contributed by atoms with Crippen LogP contribution in [0.5, 0.6) is 0 Å². The molecular weight excluding hydrogens is 254 g/mol. The highest BCUT2D eigenvalue weighted by Gasteiger charge is 2.47. The molecule has 1 aromatic heterocycles. The van der Waals surface area contributed by atoms with Crippen LogP contribution in [0, 0.1) is 0 Å². The van der Waals surface area contributed by atoms with Gasteiger partial charge < -0.3 is 10.6 Å². The zero-order valence-electron chi connectivity index (χ0n) is 11.7. The molecule has 3 aliphatic rings. The molecule has 1 aliphatic carbocycles. The van der Waals surface area contributed by atoms with Crippen molar-refractivity contribution in [2.24, 2.45) is 5.73 Å². The number of piperidine rings is 1. The van der Waals surface area contributed by atoms with Gasteiger partial charge in [0.2, 0.25) is 0 Å². The minimum Gasteiger partial charge on any atom is -0.319 e. The molecule has 0 saturated carbocycles. The van der Waals surface area contributed by atoms with E-state index in [-0.39, 0.29) is 5.54 Å². The summed E-state index contributed by atoms with van der Waals surface area (Å²) in [4.78, 5) is 9.02. The molecule has 0 amide bonds. The van der Waals surface area contributed by atoms with Gasteiger partial charge in [0.15, 0.2) is 0 Å². The maximum atomic E-state index is 6.80. The lowest BCUT2D eigenvalue weighted by atomic mass is 9.84. The molecule has 2 saturated heterocycles. The normalized spacial score (nSPS) is 38.4. The average molecular weight is 277 g/mol. The van der Waals surface area contributed by atoms with Crippen molar-refractivity contribution in [2.75, 3.05) is 7.05 Å². The largest absolute Gasteiger partial charge is 0.319 e. The van der Waals surface area contributed by atoms with Crippen LogP contribution >= 0.6 is 11.3 Å². The van der Waals surface area contributed by atoms with E-state index in [0.717, 1.165) is 12.8 Å². The van der Waals surface area contributed by atoms with Crippen molar-refractivity contribution in [3.05, 3.63) is 15.6 Å². The van der Waals surface area contributed by atoms with E-state index >= 15 is 0 Å². The zero-order chi connectivity index (χ0) is 13.0. The quantitative estimate of drug-likeness (QED) is 0.857. The van der Waals surface area contributed by atoms with Crippen LogP contribution in [-0.4, -0.2) is 29.0 Å². The first-order valence-corrected chi connectivity index (χ1v) is 8.47. The Morgan fingerprint density at radius 1 is 1.21 bits per heavy atom. The molecule has 4 rings (SSSR count). The molecule has 2 atom stereocenters. The zero-order valence-corrected chi connectivity index (χ0v) is 12.5. The fourth-order valence-electron chi connectivity index (χ4n) is 4.25. The van der Waals surface area contributed by atoms with Gasteiger partial charge in [-0.05, 0) is 58.4 Å². The van der Waals surface area contributed by atoms with Crippen LogP contribution in [0.15, 0.2) is 0 Å². The number of nitrogens with two attached hydrogens (primary N) is 1. The van der Waals surface area contributed by atoms with Crippen LogP contribution in [0.2, 0.25) is 0 Å². The Bertz CT molecular complexity index is 458. The summed E-state index contributed by atoms with van der Waals surface area (Å²) in [5.74, 6) is 0. The van der Waals surface area contributed by atoms with E-state index in [9.17, 15) is 0 Å². The minimum absolute atomic E-state index is 0.139. The summed E-state index contributed by atoms with van der Waals surface area (Å²) in [6.45, 7) is 0. The Kier molecular flexibility index (Phi) is 2.77. The van der Waals surface area contributed by atoms with Gasteiger partial charge in [-0.15, -0.1) is 11.3 Å². The molecule has 104 valence electrons. The topological polar surface area (TPSA) is 42.1 Å². The highest BCUT2D eigenvalue weighted by molar-refractivity contribution is 7.11. The van der Waals surface area contributed by atoms with E-state index < -0.39 is 0 Å². The molecule has 2 aliphatic heterocycles. The van der Waals surface area contributed by atoms with Crippen LogP contribution in [-0.2, 0) is 18.4 Å². The molecule has 4 heteroatoms. The van der Waals surface area contributed by atoms with Crippen LogP contribution in [0.3, 0.4) is 0 Å². The van der Waals surface area contributed by atoms with Gasteiger partial charge >= 0.3 is 0 Å². The second-order valence-electron chi connectivity index (χ2n) is 6.71. The molecule has 0 radical (unpaired) electrons. The third-order valence-electron chi connectivity index (χ3n) is 5.46. The summed E-state index contributed by atoms with van der Waals surface area (Å²) in [6, 6.07) is 1.37. The summed E-state index contributed by atoms with van der Waals surface area (Å²) in [6.07, 6.45) is 9.90. The van der Waals surface area contributed by atoms with Crippen molar-refractivity contribution < 1.29 is 0 Å². The van der Waals surface area contributed by atoms with Crippen LogP contribution in [0.4, 0.5) is 0 Å². The number of hydrogen-bond donors (Lipinski definition) is 1. The Morgan fingerprint density at radius 3 is 2.58 bits per heavy atom. The predicted molar refractivity (Wildman–Crippen MR) is 78.4 cm³/mol. The first kappa shape index (κ1) is 12.3. The number of rotatable bonds is 1. The number of fused-ring (bicyclic) bond motifs is 3. The third kappa shape index (κ3) is 1.88. The third-order valence-corrected chi connectivity index (χ3v) is 6.83. The van der Waals surface area contributed by atoms with Gasteiger partial charge in [-0.1, -0.05) is 0 Å². The number of aromatic nitrogens is 1. The van der Waals surface area contributed by atoms with E-state index in [0.29, 0.717) is 12.1 Å². The van der Waals surface area contributed by atoms with Gasteiger partial charge in [-0.3, -0.25) is 0 Å². The number of aryl methyl sites for hydroxylation is 2. The average Bonchev–Trinajstić information content (AvgIpc) is 2.92. The molecular formula is C15H23N3S. The fourth-order valence-corrected chi connectivity index (χ4v) is 5.52. The highest BCUT2D eigenvalue weighted by Crippen LogP contribution is 2.45. The van der Waals surface area contributed by atoms with Gasteiger partial charge in [0, 0.05) is 17.0 Å². The predicted octanol–water partition coefficient (Wildman–Crippen LogP) is 2.43. The van der Waals surface area contributed by atoms with Gasteiger partial charge in [0.25, 0.3) is 0 Å². The maximum Gasteiger partial charge on any atom is 0.113 e. The highest BCUT2D eigenvalue weighted by atomic mass is 32.1. The second kappa shape index (κ2) is 4.27. The molecule has 2 bridgehead atoms. The second-order valence-corrected chi connectivity index (χ2v) is 7.79. The SMILES string of the molecule is CN1C2CCC1CC(N)(c1nc3c(s1)CCCC3)C2. The molecule has 2 N–H and O–H groups in total. The molecule has 0 spiro atoms. The lowest BCUT2D eigenvalue weighted by Crippen LogP contribution is -2.52. The summed E-state index contributed by atoms with van der Waals surface area (Å²) < 4.78 is 0. The van der Waals surface area contributed by atoms with E-state index in [4.69, 9.17) is 10.7 Å². The van der Waals surface area contributed by atoms with Crippen LogP contribution in [0.25, 0.3) is 0 Å². The Hall–Kier alpha value is -0.450. The van der Waals surface area contributed by atoms with Crippen molar-refractivity contribution in [3.8, 4) is 0 Å². The number of nitrogens with zero attached hydrogens (tertiary/aromatic N) is 2. The Morgan fingerprint density at radius 2 is 1.89 bits per heavy atom. The number of hydrogen-bond acceptors (Lipinski definition) is 4. The van der Waals surface area contributed by atoms with E-state index in [1.165, 1.54) is 54.1 Å². The van der Waals surface area contributed by atoms with Crippen molar-refractivity contribution >= 4 is 11.3 Å². The first-order valence-electron chi connectivity index (χ1n) is 7.65. The van der Waals surface area contributed by atoms with Crippen LogP contribution in [0.1, 0.15) is 54.1 Å². The van der Waals surface area contributed by atoms with Gasteiger partial charge in [-0.2, -0.15) is 0 Å². The molecule has 2 fully saturated rings. The monoisotopic (exact) mass is 277 g/mol. The van der Waals surface area contributed by atoms with Crippen molar-refractivity contribution in [1.29, 1.82) is 0 Å². The summed E-state index contributed by atoms with van der Waals surface area (Å²) in [5, 5.41) is 1.24. The molecule has 1 aromatic rings. The van der Waals surface area contributed by atoms with E-state index in [2.05, 4.69) is 11.9 Å². The van der Waals surface area contributed by atoms with Gasteiger partial charge in [0.1, 0.15) is 5.01 Å². The van der Waals surface area contributed by atoms with Gasteiger partial charge in [0.05, 0.1) is 11.2 Å². The van der Waals surface area contributed by atoms with Crippen molar-refractivity contribution in [3.63, 3.8) is 0 Å². The maximum absolute atomic E-state index is 6.80. The number of thiazole rings is 1. The molecule has 19 heavy (non-hydrogen) atoms. The lowest BCUT2D eigenvalue weighted by molar-refractivity contribution is 0.113. The fraction of sp³-hybridized carbons (Fsp3) is 0.800. The van der Waals surface area contributed by atoms with Crippen molar-refractivity contribution in [2.45, 2.75) is 69.0 Å². The van der Waals surface area contributed by atoms with Crippen LogP contribution < -0.4 is 5.73 Å². The molecule has 2 unspecified atom stereocenters. The van der Waals surface area contributed by atoms with Crippen molar-refractivity contribution in [1.82, 2.24) is 9.88 Å². The molecule has 3 nitrogen and oxygen atoms in total. The molecule has 3 heterocycles. The standard InChI is InChI=1S/C15H23N3S/c1-18-10-6-7-11(18)9-15(16,8-10)14-17-12-4-2-3-5-13(12)19-14/h10-11H,2-9,16H2,1H3. The smallest absolute Gasteiger partial charge is 0.113 e. The van der Waals surface area contributed by atoms with Gasteiger partial charge in [-0.25, -0.2) is 4.98 Å². The summed E-state index contributed by atoms with van der Waals surface area (Å²) >= 11 is 1.92. The Balaban J connectivity index is 1.66. The Labute approximate surface area is 119 Å². The summed E-state index contributed by atoms with van der Waals surface area (Å²) in [7, 11) is 2.27. The molecule has 0 aromatic carbocycles. The lowest BCUT2D eigenvalue weighted by Gasteiger charge is -2.41.